The molecule has 1 aromatic rings. The Labute approximate surface area is 102 Å². The van der Waals surface area contributed by atoms with Gasteiger partial charge in [0.2, 0.25) is 0 Å². The molecule has 0 aliphatic carbocycles. The normalized spacial score (nSPS) is 14.7. The maximum absolute atomic E-state index is 13.7. The summed E-state index contributed by atoms with van der Waals surface area (Å²) in [5.74, 6) is -0.433. The first kappa shape index (κ1) is 14.1. The molecule has 0 bridgehead atoms. The number of hydrogen-bond acceptors (Lipinski definition) is 1. The van der Waals surface area contributed by atoms with Crippen molar-refractivity contribution in [2.24, 2.45) is 5.92 Å². The van der Waals surface area contributed by atoms with Gasteiger partial charge >= 0.3 is 0 Å². The molecule has 0 aliphatic rings. The summed E-state index contributed by atoms with van der Waals surface area (Å²) in [4.78, 5) is 0. The Balaban J connectivity index is 2.99. The van der Waals surface area contributed by atoms with Crippen molar-refractivity contribution in [3.8, 4) is 0 Å². The molecule has 2 atom stereocenters. The second-order valence-electron chi connectivity index (χ2n) is 4.71. The van der Waals surface area contributed by atoms with E-state index in [0.717, 1.165) is 18.9 Å². The van der Waals surface area contributed by atoms with Crippen LogP contribution in [0.1, 0.15) is 43.9 Å². The van der Waals surface area contributed by atoms with Gasteiger partial charge in [-0.15, -0.1) is 0 Å². The molecular weight excluding hydrogens is 220 g/mol. The minimum atomic E-state index is -0.482. The van der Waals surface area contributed by atoms with E-state index in [4.69, 9.17) is 0 Å². The monoisotopic (exact) mass is 241 g/mol. The lowest BCUT2D eigenvalue weighted by atomic mass is 9.93. The Morgan fingerprint density at radius 1 is 1.24 bits per heavy atom. The van der Waals surface area contributed by atoms with E-state index in [9.17, 15) is 8.78 Å². The van der Waals surface area contributed by atoms with Crippen LogP contribution in [0.25, 0.3) is 0 Å². The van der Waals surface area contributed by atoms with E-state index < -0.39 is 11.6 Å². The van der Waals surface area contributed by atoms with Gasteiger partial charge in [0, 0.05) is 17.7 Å². The zero-order valence-corrected chi connectivity index (χ0v) is 11.0. The van der Waals surface area contributed by atoms with Gasteiger partial charge in [0.25, 0.3) is 0 Å². The van der Waals surface area contributed by atoms with Crippen LogP contribution in [-0.4, -0.2) is 7.05 Å². The summed E-state index contributed by atoms with van der Waals surface area (Å²) in [7, 11) is 1.81. The lowest BCUT2D eigenvalue weighted by Crippen LogP contribution is -2.20. The number of aryl methyl sites for hydroxylation is 1. The van der Waals surface area contributed by atoms with Crippen molar-refractivity contribution < 1.29 is 8.78 Å². The fourth-order valence-corrected chi connectivity index (χ4v) is 1.92. The van der Waals surface area contributed by atoms with Crippen molar-refractivity contribution in [3.63, 3.8) is 0 Å². The fraction of sp³-hybridized carbons (Fsp3) is 0.571. The SMILES string of the molecule is CCC(C)CC(NC)c1cc(C)c(F)cc1F. The third kappa shape index (κ3) is 3.50. The summed E-state index contributed by atoms with van der Waals surface area (Å²) in [6.45, 7) is 5.91. The Kier molecular flexibility index (Phi) is 5.06. The lowest BCUT2D eigenvalue weighted by Gasteiger charge is -2.21. The van der Waals surface area contributed by atoms with Crippen molar-refractivity contribution >= 4 is 0 Å². The number of hydrogen-bond donors (Lipinski definition) is 1. The van der Waals surface area contributed by atoms with E-state index in [-0.39, 0.29) is 6.04 Å². The number of rotatable bonds is 5. The van der Waals surface area contributed by atoms with Crippen LogP contribution in [0.5, 0.6) is 0 Å². The standard InChI is InChI=1S/C14H21F2N/c1-5-9(2)6-14(17-4)11-7-10(3)12(15)8-13(11)16/h7-9,14,17H,5-6H2,1-4H3. The van der Waals surface area contributed by atoms with Crippen molar-refractivity contribution in [3.05, 3.63) is 34.9 Å². The van der Waals surface area contributed by atoms with Crippen LogP contribution in [0.3, 0.4) is 0 Å². The average Bonchev–Trinajstić information content (AvgIpc) is 2.30. The molecule has 0 fully saturated rings. The minimum absolute atomic E-state index is 0.0516. The number of nitrogens with one attached hydrogen (secondary N) is 1. The van der Waals surface area contributed by atoms with E-state index in [0.29, 0.717) is 17.0 Å². The van der Waals surface area contributed by atoms with Gasteiger partial charge in [-0.25, -0.2) is 8.78 Å². The molecule has 0 aromatic heterocycles. The molecule has 1 rings (SSSR count). The van der Waals surface area contributed by atoms with E-state index in [1.54, 1.807) is 13.0 Å². The van der Waals surface area contributed by atoms with E-state index in [1.165, 1.54) is 0 Å². The van der Waals surface area contributed by atoms with Gasteiger partial charge in [0.05, 0.1) is 0 Å². The first-order valence-corrected chi connectivity index (χ1v) is 6.12. The summed E-state index contributed by atoms with van der Waals surface area (Å²) >= 11 is 0. The number of benzene rings is 1. The third-order valence-electron chi connectivity index (χ3n) is 3.34. The lowest BCUT2D eigenvalue weighted by molar-refractivity contribution is 0.409. The third-order valence-corrected chi connectivity index (χ3v) is 3.34. The van der Waals surface area contributed by atoms with Crippen molar-refractivity contribution in [2.45, 2.75) is 39.7 Å². The predicted octanol–water partition coefficient (Wildman–Crippen LogP) is 3.97. The fourth-order valence-electron chi connectivity index (χ4n) is 1.92. The van der Waals surface area contributed by atoms with Crippen molar-refractivity contribution in [1.82, 2.24) is 5.32 Å². The highest BCUT2D eigenvalue weighted by molar-refractivity contribution is 5.28. The minimum Gasteiger partial charge on any atom is -0.313 e. The Hall–Kier alpha value is -0.960. The van der Waals surface area contributed by atoms with Crippen LogP contribution in [-0.2, 0) is 0 Å². The molecular formula is C14H21F2N. The molecule has 3 heteroatoms. The van der Waals surface area contributed by atoms with Gasteiger partial charge in [0.15, 0.2) is 0 Å². The first-order valence-electron chi connectivity index (χ1n) is 6.12. The summed E-state index contributed by atoms with van der Waals surface area (Å²) in [5.41, 5.74) is 1.05. The Morgan fingerprint density at radius 3 is 2.41 bits per heavy atom. The van der Waals surface area contributed by atoms with Crippen molar-refractivity contribution in [1.29, 1.82) is 0 Å². The molecule has 2 unspecified atom stereocenters. The molecule has 0 amide bonds. The number of halogens is 2. The van der Waals surface area contributed by atoms with E-state index in [1.807, 2.05) is 7.05 Å². The predicted molar refractivity (Wildman–Crippen MR) is 67.0 cm³/mol. The molecule has 0 spiro atoms. The first-order chi connectivity index (χ1) is 7.99. The van der Waals surface area contributed by atoms with Gasteiger partial charge in [-0.05, 0) is 37.9 Å². The maximum atomic E-state index is 13.7. The van der Waals surface area contributed by atoms with E-state index in [2.05, 4.69) is 19.2 Å². The molecule has 1 aromatic carbocycles. The van der Waals surface area contributed by atoms with Crippen LogP contribution >= 0.6 is 0 Å². The Morgan fingerprint density at radius 2 is 1.88 bits per heavy atom. The largest absolute Gasteiger partial charge is 0.313 e. The molecule has 1 nitrogen and oxygen atoms in total. The summed E-state index contributed by atoms with van der Waals surface area (Å²) in [6.07, 6.45) is 1.91. The summed E-state index contributed by atoms with van der Waals surface area (Å²) in [5, 5.41) is 3.11. The molecule has 17 heavy (non-hydrogen) atoms. The highest BCUT2D eigenvalue weighted by Crippen LogP contribution is 2.26. The average molecular weight is 241 g/mol. The van der Waals surface area contributed by atoms with Crippen LogP contribution in [0.4, 0.5) is 8.78 Å². The van der Waals surface area contributed by atoms with Gasteiger partial charge in [-0.3, -0.25) is 0 Å². The smallest absolute Gasteiger partial charge is 0.130 e. The van der Waals surface area contributed by atoms with Gasteiger partial charge in [0.1, 0.15) is 11.6 Å². The highest BCUT2D eigenvalue weighted by Gasteiger charge is 2.18. The zero-order chi connectivity index (χ0) is 13.0. The quantitative estimate of drug-likeness (QED) is 0.822. The molecule has 1 N–H and O–H groups in total. The summed E-state index contributed by atoms with van der Waals surface area (Å²) in [6, 6.07) is 2.53. The Bertz CT molecular complexity index is 377. The topological polar surface area (TPSA) is 12.0 Å². The van der Waals surface area contributed by atoms with Crippen LogP contribution < -0.4 is 5.32 Å². The molecule has 0 saturated heterocycles. The maximum Gasteiger partial charge on any atom is 0.130 e. The second kappa shape index (κ2) is 6.10. The van der Waals surface area contributed by atoms with Gasteiger partial charge in [-0.1, -0.05) is 20.3 Å². The molecule has 96 valence electrons. The van der Waals surface area contributed by atoms with E-state index >= 15 is 0 Å². The van der Waals surface area contributed by atoms with Gasteiger partial charge in [-0.2, -0.15) is 0 Å². The summed E-state index contributed by atoms with van der Waals surface area (Å²) < 4.78 is 26.9. The van der Waals surface area contributed by atoms with Crippen molar-refractivity contribution in [2.75, 3.05) is 7.05 Å². The molecule has 0 aliphatic heterocycles. The molecule has 0 heterocycles. The van der Waals surface area contributed by atoms with Gasteiger partial charge < -0.3 is 5.32 Å². The van der Waals surface area contributed by atoms with Crippen LogP contribution in [0.2, 0.25) is 0 Å². The van der Waals surface area contributed by atoms with Crippen LogP contribution in [0.15, 0.2) is 12.1 Å². The second-order valence-corrected chi connectivity index (χ2v) is 4.71. The highest BCUT2D eigenvalue weighted by atomic mass is 19.1. The zero-order valence-electron chi connectivity index (χ0n) is 11.0. The molecule has 0 radical (unpaired) electrons. The molecule has 0 saturated carbocycles. The van der Waals surface area contributed by atoms with Crippen LogP contribution in [0, 0.1) is 24.5 Å².